The molecule has 0 aliphatic heterocycles. The monoisotopic (exact) mass is 227 g/mol. The van der Waals surface area contributed by atoms with Gasteiger partial charge in [-0.3, -0.25) is 0 Å². The van der Waals surface area contributed by atoms with Gasteiger partial charge >= 0.3 is 0 Å². The highest BCUT2D eigenvalue weighted by Gasteiger charge is 2.41. The van der Waals surface area contributed by atoms with Crippen molar-refractivity contribution in [1.29, 1.82) is 0 Å². The minimum atomic E-state index is -0.210. The summed E-state index contributed by atoms with van der Waals surface area (Å²) in [5.74, 6) is -0.210. The van der Waals surface area contributed by atoms with Gasteiger partial charge < -0.3 is 5.73 Å². The van der Waals surface area contributed by atoms with Gasteiger partial charge in [0.1, 0.15) is 5.82 Å². The second kappa shape index (κ2) is 4.11. The van der Waals surface area contributed by atoms with Crippen LogP contribution in [0.4, 0.5) is 4.39 Å². The van der Waals surface area contributed by atoms with Gasteiger partial charge in [-0.2, -0.15) is 0 Å². The maximum Gasteiger partial charge on any atom is 0.123 e. The summed E-state index contributed by atoms with van der Waals surface area (Å²) in [7, 11) is 0. The summed E-state index contributed by atoms with van der Waals surface area (Å²) in [4.78, 5) is 0. The Bertz CT molecular complexity index is 361. The largest absolute Gasteiger partial charge is 0.330 e. The molecule has 82 valence electrons. The average molecular weight is 228 g/mol. The van der Waals surface area contributed by atoms with E-state index in [0.29, 0.717) is 17.0 Å². The molecule has 2 rings (SSSR count). The van der Waals surface area contributed by atoms with Gasteiger partial charge in [-0.15, -0.1) is 0 Å². The lowest BCUT2D eigenvalue weighted by atomic mass is 9.93. The molecule has 1 nitrogen and oxygen atoms in total. The number of rotatable bonds is 4. The third-order valence-electron chi connectivity index (χ3n) is 3.20. The molecule has 0 unspecified atom stereocenters. The number of hydrogen-bond acceptors (Lipinski definition) is 1. The molecule has 0 atom stereocenters. The molecule has 15 heavy (non-hydrogen) atoms. The Kier molecular flexibility index (Phi) is 2.98. The van der Waals surface area contributed by atoms with E-state index in [4.69, 9.17) is 17.3 Å². The lowest BCUT2D eigenvalue weighted by molar-refractivity contribution is 0.469. The van der Waals surface area contributed by atoms with Crippen LogP contribution in [0.15, 0.2) is 18.2 Å². The molecule has 1 aliphatic rings. The fraction of sp³-hybridized carbons (Fsp3) is 0.500. The van der Waals surface area contributed by atoms with Crippen LogP contribution < -0.4 is 5.73 Å². The number of halogens is 2. The SMILES string of the molecule is NCCC1(Cc2cc(F)ccc2Cl)CC1. The summed E-state index contributed by atoms with van der Waals surface area (Å²) in [6.07, 6.45) is 4.26. The van der Waals surface area contributed by atoms with E-state index in [2.05, 4.69) is 0 Å². The maximum absolute atomic E-state index is 13.0. The lowest BCUT2D eigenvalue weighted by Gasteiger charge is -2.14. The number of hydrogen-bond donors (Lipinski definition) is 1. The van der Waals surface area contributed by atoms with Crippen molar-refractivity contribution in [3.63, 3.8) is 0 Å². The molecule has 0 heterocycles. The Hall–Kier alpha value is -0.600. The fourth-order valence-electron chi connectivity index (χ4n) is 2.08. The summed E-state index contributed by atoms with van der Waals surface area (Å²) >= 11 is 6.03. The highest BCUT2D eigenvalue weighted by atomic mass is 35.5. The molecule has 0 saturated heterocycles. The first-order valence-corrected chi connectivity index (χ1v) is 5.67. The molecule has 0 bridgehead atoms. The van der Waals surface area contributed by atoms with Crippen molar-refractivity contribution in [2.24, 2.45) is 11.1 Å². The van der Waals surface area contributed by atoms with Crippen LogP contribution in [0.5, 0.6) is 0 Å². The summed E-state index contributed by atoms with van der Waals surface area (Å²) < 4.78 is 13.0. The standard InChI is InChI=1S/C12H15ClFN/c13-11-2-1-10(14)7-9(11)8-12(3-4-12)5-6-15/h1-2,7H,3-6,8,15H2. The van der Waals surface area contributed by atoms with Gasteiger partial charge in [-0.25, -0.2) is 4.39 Å². The molecule has 1 aromatic rings. The van der Waals surface area contributed by atoms with Crippen molar-refractivity contribution in [2.45, 2.75) is 25.7 Å². The zero-order valence-electron chi connectivity index (χ0n) is 8.60. The molecule has 1 fully saturated rings. The molecule has 0 aromatic heterocycles. The Morgan fingerprint density at radius 1 is 1.40 bits per heavy atom. The van der Waals surface area contributed by atoms with Crippen LogP contribution in [0.1, 0.15) is 24.8 Å². The normalized spacial score (nSPS) is 17.8. The molecular weight excluding hydrogens is 213 g/mol. The number of nitrogens with two attached hydrogens (primary N) is 1. The molecule has 0 spiro atoms. The molecule has 1 saturated carbocycles. The maximum atomic E-state index is 13.0. The third-order valence-corrected chi connectivity index (χ3v) is 3.57. The van der Waals surface area contributed by atoms with Gasteiger partial charge in [0.2, 0.25) is 0 Å². The first-order chi connectivity index (χ1) is 7.15. The molecule has 3 heteroatoms. The zero-order chi connectivity index (χ0) is 10.9. The van der Waals surface area contributed by atoms with E-state index in [1.807, 2.05) is 0 Å². The van der Waals surface area contributed by atoms with Crippen LogP contribution in [-0.4, -0.2) is 6.54 Å². The Labute approximate surface area is 94.4 Å². The number of benzene rings is 1. The predicted octanol–water partition coefficient (Wildman–Crippen LogP) is 3.15. The van der Waals surface area contributed by atoms with Crippen molar-refractivity contribution in [2.75, 3.05) is 6.54 Å². The van der Waals surface area contributed by atoms with Gasteiger partial charge in [0.15, 0.2) is 0 Å². The van der Waals surface area contributed by atoms with E-state index in [-0.39, 0.29) is 5.82 Å². The fourth-order valence-corrected chi connectivity index (χ4v) is 2.27. The summed E-state index contributed by atoms with van der Waals surface area (Å²) in [6.45, 7) is 0.701. The predicted molar refractivity (Wildman–Crippen MR) is 60.5 cm³/mol. The van der Waals surface area contributed by atoms with Gasteiger partial charge in [0.25, 0.3) is 0 Å². The van der Waals surface area contributed by atoms with E-state index < -0.39 is 0 Å². The summed E-state index contributed by atoms with van der Waals surface area (Å²) in [5, 5.41) is 0.666. The average Bonchev–Trinajstić information content (AvgIpc) is 2.92. The Morgan fingerprint density at radius 2 is 2.13 bits per heavy atom. The van der Waals surface area contributed by atoms with E-state index >= 15 is 0 Å². The first kappa shape index (κ1) is 10.9. The van der Waals surface area contributed by atoms with E-state index in [1.165, 1.54) is 18.9 Å². The summed E-state index contributed by atoms with van der Waals surface area (Å²) in [5.41, 5.74) is 6.80. The minimum absolute atomic E-state index is 0.210. The minimum Gasteiger partial charge on any atom is -0.330 e. The second-order valence-corrected chi connectivity index (χ2v) is 4.86. The van der Waals surface area contributed by atoms with E-state index in [1.54, 1.807) is 12.1 Å². The van der Waals surface area contributed by atoms with Gasteiger partial charge in [-0.05, 0) is 61.4 Å². The van der Waals surface area contributed by atoms with Gasteiger partial charge in [-0.1, -0.05) is 11.6 Å². The third kappa shape index (κ3) is 2.50. The Balaban J connectivity index is 2.13. The van der Waals surface area contributed by atoms with Crippen LogP contribution >= 0.6 is 11.6 Å². The van der Waals surface area contributed by atoms with Crippen LogP contribution in [0.3, 0.4) is 0 Å². The lowest BCUT2D eigenvalue weighted by Crippen LogP contribution is -2.12. The van der Waals surface area contributed by atoms with Crippen molar-refractivity contribution in [3.05, 3.63) is 34.6 Å². The van der Waals surface area contributed by atoms with Crippen molar-refractivity contribution in [1.82, 2.24) is 0 Å². The van der Waals surface area contributed by atoms with Crippen molar-refractivity contribution < 1.29 is 4.39 Å². The topological polar surface area (TPSA) is 26.0 Å². The Morgan fingerprint density at radius 3 is 2.73 bits per heavy atom. The second-order valence-electron chi connectivity index (χ2n) is 4.45. The first-order valence-electron chi connectivity index (χ1n) is 5.29. The highest BCUT2D eigenvalue weighted by Crippen LogP contribution is 2.51. The molecule has 2 N–H and O–H groups in total. The molecule has 0 radical (unpaired) electrons. The van der Waals surface area contributed by atoms with Gasteiger partial charge in [0, 0.05) is 5.02 Å². The van der Waals surface area contributed by atoms with Crippen molar-refractivity contribution >= 4 is 11.6 Å². The van der Waals surface area contributed by atoms with Gasteiger partial charge in [0.05, 0.1) is 0 Å². The molecule has 0 amide bonds. The van der Waals surface area contributed by atoms with Crippen LogP contribution in [0, 0.1) is 11.2 Å². The van der Waals surface area contributed by atoms with Crippen molar-refractivity contribution in [3.8, 4) is 0 Å². The zero-order valence-corrected chi connectivity index (χ0v) is 9.36. The molecule has 1 aromatic carbocycles. The van der Waals surface area contributed by atoms with Crippen LogP contribution in [0.25, 0.3) is 0 Å². The van der Waals surface area contributed by atoms with E-state index in [9.17, 15) is 4.39 Å². The summed E-state index contributed by atoms with van der Waals surface area (Å²) in [6, 6.07) is 4.57. The van der Waals surface area contributed by atoms with E-state index in [0.717, 1.165) is 18.4 Å². The smallest absolute Gasteiger partial charge is 0.123 e. The van der Waals surface area contributed by atoms with Crippen LogP contribution in [-0.2, 0) is 6.42 Å². The highest BCUT2D eigenvalue weighted by molar-refractivity contribution is 6.31. The molecule has 1 aliphatic carbocycles. The quantitative estimate of drug-likeness (QED) is 0.840. The molecular formula is C12H15ClFN. The van der Waals surface area contributed by atoms with Crippen LogP contribution in [0.2, 0.25) is 5.02 Å².